The molecule has 6 rings (SSSR count). The fourth-order valence-corrected chi connectivity index (χ4v) is 11.0. The van der Waals surface area contributed by atoms with Gasteiger partial charge in [-0.15, -0.1) is 11.3 Å². The summed E-state index contributed by atoms with van der Waals surface area (Å²) in [5.74, 6) is 1.22. The summed E-state index contributed by atoms with van der Waals surface area (Å²) in [4.78, 5) is 46.4. The zero-order chi connectivity index (χ0) is 54.1. The number of nitrogens with one attached hydrogen (secondary N) is 4. The molecular formula is C55H74ClN9O7S2. The van der Waals surface area contributed by atoms with Gasteiger partial charge in [-0.25, -0.2) is 18.4 Å². The van der Waals surface area contributed by atoms with Crippen LogP contribution in [-0.2, 0) is 25.8 Å². The number of methoxy groups -OCH3 is 1. The average molecular weight is 1070 g/mol. The number of amides is 2. The number of aryl methyl sites for hydroxylation is 2. The zero-order valence-electron chi connectivity index (χ0n) is 44.6. The lowest BCUT2D eigenvalue weighted by atomic mass is 9.85. The molecule has 1 aliphatic heterocycles. The third-order valence-electron chi connectivity index (χ3n) is 13.1. The Labute approximate surface area is 446 Å². The fraction of sp³-hybridized carbons (Fsp3) is 0.473. The van der Waals surface area contributed by atoms with Crippen molar-refractivity contribution < 1.29 is 32.6 Å². The number of halogens is 1. The molecule has 5 N–H and O–H groups in total. The van der Waals surface area contributed by atoms with Gasteiger partial charge in [0.25, 0.3) is 0 Å². The number of β-amino-alcohol motifs (C(OH)–C–C–N with tert-alkyl or cyclic N) is 1. The summed E-state index contributed by atoms with van der Waals surface area (Å²) < 4.78 is 38.5. The minimum atomic E-state index is -3.58. The van der Waals surface area contributed by atoms with Crippen LogP contribution in [0.15, 0.2) is 83.5 Å². The zero-order valence-corrected chi connectivity index (χ0v) is 47.0. The van der Waals surface area contributed by atoms with Crippen LogP contribution in [0.3, 0.4) is 0 Å². The molecule has 0 radical (unpaired) electrons. The molecule has 400 valence electrons. The van der Waals surface area contributed by atoms with Crippen LogP contribution < -0.4 is 30.7 Å². The first-order chi connectivity index (χ1) is 35.0. The first kappa shape index (κ1) is 57.5. The van der Waals surface area contributed by atoms with Gasteiger partial charge in [-0.3, -0.25) is 9.59 Å². The highest BCUT2D eigenvalue weighted by Gasteiger charge is 2.44. The Balaban J connectivity index is 1.03. The highest BCUT2D eigenvalue weighted by atomic mass is 35.5. The van der Waals surface area contributed by atoms with Gasteiger partial charge in [0.05, 0.1) is 69.7 Å². The van der Waals surface area contributed by atoms with Crippen LogP contribution in [0.25, 0.3) is 10.4 Å². The second kappa shape index (κ2) is 25.2. The summed E-state index contributed by atoms with van der Waals surface area (Å²) in [7, 11) is 0.155. The van der Waals surface area contributed by atoms with E-state index in [1.807, 2.05) is 70.5 Å². The van der Waals surface area contributed by atoms with Crippen molar-refractivity contribution in [1.29, 1.82) is 0 Å². The molecule has 19 heteroatoms. The topological polar surface area (TPSA) is 200 Å². The number of nitrogens with zero attached hydrogens (tertiary/aromatic N) is 5. The number of carbonyl (C=O) groups is 2. The number of para-hydroxylation sites is 1. The summed E-state index contributed by atoms with van der Waals surface area (Å²) in [6.07, 6.45) is 4.34. The van der Waals surface area contributed by atoms with Crippen molar-refractivity contribution in [2.45, 2.75) is 129 Å². The lowest BCUT2D eigenvalue weighted by molar-refractivity contribution is -0.142. The number of thiazole rings is 1. The number of rotatable bonds is 24. The molecule has 0 saturated carbocycles. The number of allylic oxidation sites excluding steroid dienone is 1. The summed E-state index contributed by atoms with van der Waals surface area (Å²) in [6, 6.07) is 14.8. The molecule has 1 saturated heterocycles. The third kappa shape index (κ3) is 14.5. The van der Waals surface area contributed by atoms with Crippen molar-refractivity contribution in [3.63, 3.8) is 0 Å². The number of sulfone groups is 1. The van der Waals surface area contributed by atoms with E-state index < -0.39 is 44.7 Å². The summed E-state index contributed by atoms with van der Waals surface area (Å²) in [5.41, 5.74) is 7.98. The maximum Gasteiger partial charge on any atom is 0.246 e. The highest BCUT2D eigenvalue weighted by Crippen LogP contribution is 2.37. The normalized spacial score (nSPS) is 15.7. The molecule has 0 spiro atoms. The van der Waals surface area contributed by atoms with Gasteiger partial charge in [-0.2, -0.15) is 4.98 Å². The Morgan fingerprint density at radius 3 is 2.41 bits per heavy atom. The van der Waals surface area contributed by atoms with E-state index in [1.54, 1.807) is 63.5 Å². The lowest BCUT2D eigenvalue weighted by Crippen LogP contribution is -2.56. The molecule has 0 aliphatic carbocycles. The largest absolute Gasteiger partial charge is 0.495 e. The third-order valence-corrected chi connectivity index (χ3v) is 16.6. The standard InChI is InChI=1S/C55H74ClN9O7S2/c1-33(2)59-50(55(8,9)10)53(68)65-31-40(66)29-45(65)52(67)60-36(6)41-21-20-39(49-37(7)58-32-73-49)28-46(41)72-25-17-13-16-23-64(11)24-22-38-27-47(71-12)44(26-35(38)5)62-54-57-30-42(56)51(63-54)61-43-18-14-15-19-48(43)74(69,70)34(3)4/h14-15,18-21,26-28,30,32,34,36,40,45,50,59,66H,1,13,16-17,22-25,29,31H2,2-12H3,(H,60,67)(H2,57,61,62,63)/t36-,40+,45-,50+/m0/s1. The molecule has 5 aromatic rings. The van der Waals surface area contributed by atoms with E-state index in [2.05, 4.69) is 61.7 Å². The van der Waals surface area contributed by atoms with Crippen molar-refractivity contribution in [2.75, 3.05) is 51.0 Å². The summed E-state index contributed by atoms with van der Waals surface area (Å²) >= 11 is 8.06. The van der Waals surface area contributed by atoms with E-state index >= 15 is 0 Å². The molecular weight excluding hydrogens is 998 g/mol. The van der Waals surface area contributed by atoms with Crippen LogP contribution in [0, 0.1) is 19.3 Å². The second-order valence-corrected chi connectivity index (χ2v) is 24.3. The van der Waals surface area contributed by atoms with E-state index in [9.17, 15) is 23.1 Å². The molecule has 1 aliphatic rings. The predicted molar refractivity (Wildman–Crippen MR) is 297 cm³/mol. The highest BCUT2D eigenvalue weighted by molar-refractivity contribution is 7.92. The summed E-state index contributed by atoms with van der Waals surface area (Å²) in [6.45, 7) is 23.1. The molecule has 1 fully saturated rings. The van der Waals surface area contributed by atoms with Crippen LogP contribution in [0.4, 0.5) is 23.1 Å². The van der Waals surface area contributed by atoms with Crippen molar-refractivity contribution in [3.05, 3.63) is 106 Å². The van der Waals surface area contributed by atoms with Crippen molar-refractivity contribution in [1.82, 2.24) is 35.4 Å². The first-order valence-corrected chi connectivity index (χ1v) is 27.9. The SMILES string of the molecule is C=C(C)N[C@H](C(=O)N1C[C@H](O)C[C@H]1C(=O)N[C@@H](C)c1ccc(-c2scnc2C)cc1OCCCCCN(C)CCc1cc(OC)c(Nc2ncc(Cl)c(Nc3ccccc3S(=O)(=O)C(C)C)n2)cc1C)C(C)(C)C. The number of likely N-dealkylation sites (tertiary alicyclic amines) is 1. The minimum Gasteiger partial charge on any atom is -0.495 e. The van der Waals surface area contributed by atoms with Crippen molar-refractivity contribution in [3.8, 4) is 21.9 Å². The molecule has 2 aromatic heterocycles. The van der Waals surface area contributed by atoms with E-state index in [1.165, 1.54) is 11.1 Å². The van der Waals surface area contributed by atoms with Gasteiger partial charge >= 0.3 is 0 Å². The van der Waals surface area contributed by atoms with Gasteiger partial charge in [0.15, 0.2) is 15.7 Å². The maximum atomic E-state index is 14.0. The van der Waals surface area contributed by atoms with E-state index in [-0.39, 0.29) is 46.5 Å². The lowest BCUT2D eigenvalue weighted by Gasteiger charge is -2.36. The number of benzene rings is 3. The molecule has 3 heterocycles. The number of aliphatic hydroxyl groups excluding tert-OH is 1. The molecule has 0 unspecified atom stereocenters. The van der Waals surface area contributed by atoms with Crippen LogP contribution in [0.1, 0.15) is 103 Å². The van der Waals surface area contributed by atoms with Gasteiger partial charge in [0.1, 0.15) is 28.6 Å². The molecule has 74 heavy (non-hydrogen) atoms. The number of hydrogen-bond acceptors (Lipinski definition) is 15. The summed E-state index contributed by atoms with van der Waals surface area (Å²) in [5, 5.41) is 23.0. The predicted octanol–water partition coefficient (Wildman–Crippen LogP) is 9.95. The number of anilines is 4. The Hall–Kier alpha value is -5.79. The van der Waals surface area contributed by atoms with Crippen LogP contribution in [-0.4, -0.2) is 114 Å². The molecule has 3 aromatic carbocycles. The number of aromatic nitrogens is 3. The Morgan fingerprint density at radius 1 is 0.986 bits per heavy atom. The second-order valence-electron chi connectivity index (χ2n) is 20.5. The van der Waals surface area contributed by atoms with Crippen molar-refractivity contribution in [2.24, 2.45) is 5.41 Å². The smallest absolute Gasteiger partial charge is 0.246 e. The number of unbranched alkanes of at least 4 members (excludes halogenated alkanes) is 2. The Morgan fingerprint density at radius 2 is 1.73 bits per heavy atom. The Bertz CT molecular complexity index is 2890. The van der Waals surface area contributed by atoms with E-state index in [0.29, 0.717) is 35.2 Å². The fourth-order valence-electron chi connectivity index (χ4n) is 8.86. The van der Waals surface area contributed by atoms with Crippen LogP contribution in [0.2, 0.25) is 5.02 Å². The minimum absolute atomic E-state index is 0.0735. The van der Waals surface area contributed by atoms with Gasteiger partial charge in [-0.05, 0) is 133 Å². The van der Waals surface area contributed by atoms with Crippen LogP contribution in [0.5, 0.6) is 11.5 Å². The molecule has 4 atom stereocenters. The Kier molecular flexibility index (Phi) is 19.5. The number of aliphatic hydroxyl groups is 1. The van der Waals surface area contributed by atoms with Crippen molar-refractivity contribution >= 4 is 67.7 Å². The quantitative estimate of drug-likeness (QED) is 0.0366. The molecule has 16 nitrogen and oxygen atoms in total. The number of hydrogen-bond donors (Lipinski definition) is 5. The first-order valence-electron chi connectivity index (χ1n) is 25.1. The number of ether oxygens (including phenoxy) is 2. The van der Waals surface area contributed by atoms with Gasteiger partial charge in [0.2, 0.25) is 17.8 Å². The number of carbonyl (C=O) groups excluding carboxylic acids is 2. The van der Waals surface area contributed by atoms with Gasteiger partial charge in [0, 0.05) is 30.8 Å². The number of likely N-dealkylation sites (N-methyl/N-ethyl adjacent to an activating group) is 1. The van der Waals surface area contributed by atoms with Crippen LogP contribution >= 0.6 is 22.9 Å². The molecule has 0 bridgehead atoms. The molecule has 2 amide bonds. The average Bonchev–Trinajstić information content (AvgIpc) is 3.97. The maximum absolute atomic E-state index is 14.0. The van der Waals surface area contributed by atoms with E-state index in [0.717, 1.165) is 71.6 Å². The van der Waals surface area contributed by atoms with Gasteiger partial charge < -0.3 is 45.6 Å². The monoisotopic (exact) mass is 1070 g/mol. The van der Waals surface area contributed by atoms with Gasteiger partial charge in [-0.1, -0.05) is 63.2 Å². The van der Waals surface area contributed by atoms with E-state index in [4.69, 9.17) is 21.1 Å².